The molecule has 2 aromatic carbocycles. The third-order valence-corrected chi connectivity index (χ3v) is 3.24. The predicted octanol–water partition coefficient (Wildman–Crippen LogP) is 3.88. The molecule has 0 atom stereocenters. The molecule has 6 heteroatoms. The van der Waals surface area contributed by atoms with E-state index in [-0.39, 0.29) is 5.02 Å². The lowest BCUT2D eigenvalue weighted by atomic mass is 10.2. The molecule has 21 heavy (non-hydrogen) atoms. The third kappa shape index (κ3) is 4.21. The summed E-state index contributed by atoms with van der Waals surface area (Å²) in [6.07, 6.45) is 0. The standard InChI is InChI=1S/C15H12Cl2N2O2/c1-9-2-5-11(6-3-9)18-14(20)15(21)19-13-7-4-10(16)8-12(13)17/h2-8H,1H3,(H,18,20)(H,19,21). The van der Waals surface area contributed by atoms with Crippen LogP contribution in [0.5, 0.6) is 0 Å². The van der Waals surface area contributed by atoms with E-state index < -0.39 is 11.8 Å². The van der Waals surface area contributed by atoms with Crippen molar-refractivity contribution in [2.75, 3.05) is 10.6 Å². The molecule has 0 fully saturated rings. The van der Waals surface area contributed by atoms with Crippen molar-refractivity contribution in [2.45, 2.75) is 6.92 Å². The molecule has 0 saturated heterocycles. The lowest BCUT2D eigenvalue weighted by Crippen LogP contribution is -2.29. The van der Waals surface area contributed by atoms with Crippen LogP contribution in [-0.2, 0) is 9.59 Å². The van der Waals surface area contributed by atoms with Gasteiger partial charge in [0, 0.05) is 10.7 Å². The average molecular weight is 323 g/mol. The van der Waals surface area contributed by atoms with E-state index in [1.807, 2.05) is 19.1 Å². The minimum atomic E-state index is -0.806. The Balaban J connectivity index is 2.02. The van der Waals surface area contributed by atoms with Gasteiger partial charge in [-0.05, 0) is 37.3 Å². The molecule has 0 heterocycles. The molecule has 0 aliphatic heterocycles. The summed E-state index contributed by atoms with van der Waals surface area (Å²) in [7, 11) is 0. The van der Waals surface area contributed by atoms with Crippen LogP contribution in [0.4, 0.5) is 11.4 Å². The molecule has 2 amide bonds. The van der Waals surface area contributed by atoms with Crippen LogP contribution in [0, 0.1) is 6.92 Å². The highest BCUT2D eigenvalue weighted by molar-refractivity contribution is 6.45. The van der Waals surface area contributed by atoms with Gasteiger partial charge in [-0.15, -0.1) is 0 Å². The van der Waals surface area contributed by atoms with Crippen molar-refractivity contribution in [3.8, 4) is 0 Å². The van der Waals surface area contributed by atoms with Gasteiger partial charge in [-0.3, -0.25) is 9.59 Å². The minimum Gasteiger partial charge on any atom is -0.318 e. The van der Waals surface area contributed by atoms with E-state index in [2.05, 4.69) is 10.6 Å². The van der Waals surface area contributed by atoms with E-state index in [1.165, 1.54) is 12.1 Å². The van der Waals surface area contributed by atoms with Gasteiger partial charge in [0.1, 0.15) is 0 Å². The topological polar surface area (TPSA) is 58.2 Å². The van der Waals surface area contributed by atoms with Crippen LogP contribution in [0.3, 0.4) is 0 Å². The van der Waals surface area contributed by atoms with E-state index >= 15 is 0 Å². The lowest BCUT2D eigenvalue weighted by molar-refractivity contribution is -0.132. The number of carbonyl (C=O) groups is 2. The maximum Gasteiger partial charge on any atom is 0.314 e. The minimum absolute atomic E-state index is 0.263. The number of anilines is 2. The van der Waals surface area contributed by atoms with Crippen LogP contribution in [-0.4, -0.2) is 11.8 Å². The Morgan fingerprint density at radius 1 is 0.905 bits per heavy atom. The maximum atomic E-state index is 11.8. The van der Waals surface area contributed by atoms with Gasteiger partial charge >= 0.3 is 11.8 Å². The Morgan fingerprint density at radius 2 is 1.52 bits per heavy atom. The first-order valence-corrected chi connectivity index (χ1v) is 6.85. The number of rotatable bonds is 2. The van der Waals surface area contributed by atoms with Gasteiger partial charge < -0.3 is 10.6 Å². The van der Waals surface area contributed by atoms with E-state index in [0.717, 1.165) is 5.56 Å². The highest BCUT2D eigenvalue weighted by Gasteiger charge is 2.15. The summed E-state index contributed by atoms with van der Waals surface area (Å²) in [4.78, 5) is 23.6. The normalized spacial score (nSPS) is 10.0. The molecule has 4 nitrogen and oxygen atoms in total. The Hall–Kier alpha value is -2.04. The van der Waals surface area contributed by atoms with E-state index in [4.69, 9.17) is 23.2 Å². The Morgan fingerprint density at radius 3 is 2.14 bits per heavy atom. The number of benzene rings is 2. The first-order chi connectivity index (χ1) is 9.95. The number of aryl methyl sites for hydroxylation is 1. The van der Waals surface area contributed by atoms with Crippen molar-refractivity contribution in [1.82, 2.24) is 0 Å². The molecule has 2 aromatic rings. The third-order valence-electron chi connectivity index (χ3n) is 2.69. The quantitative estimate of drug-likeness (QED) is 0.824. The smallest absolute Gasteiger partial charge is 0.314 e. The number of nitrogens with one attached hydrogen (secondary N) is 2. The second-order valence-corrected chi connectivity index (χ2v) is 5.24. The molecule has 0 aromatic heterocycles. The molecule has 2 N–H and O–H groups in total. The zero-order valence-corrected chi connectivity index (χ0v) is 12.6. The van der Waals surface area contributed by atoms with Crippen LogP contribution < -0.4 is 10.6 Å². The summed E-state index contributed by atoms with van der Waals surface area (Å²) in [6.45, 7) is 1.93. The largest absolute Gasteiger partial charge is 0.318 e. The van der Waals surface area contributed by atoms with Gasteiger partial charge in [0.2, 0.25) is 0 Å². The molecule has 0 radical (unpaired) electrons. The summed E-state index contributed by atoms with van der Waals surface area (Å²) in [5.41, 5.74) is 1.93. The Labute approximate surface area is 132 Å². The van der Waals surface area contributed by atoms with Crippen molar-refractivity contribution in [2.24, 2.45) is 0 Å². The van der Waals surface area contributed by atoms with Gasteiger partial charge in [0.25, 0.3) is 0 Å². The fraction of sp³-hybridized carbons (Fsp3) is 0.0667. The molecule has 0 bridgehead atoms. The van der Waals surface area contributed by atoms with Gasteiger partial charge in [-0.1, -0.05) is 40.9 Å². The molecule has 0 saturated carbocycles. The molecule has 0 spiro atoms. The van der Waals surface area contributed by atoms with Gasteiger partial charge in [0.05, 0.1) is 10.7 Å². The lowest BCUT2D eigenvalue weighted by Gasteiger charge is -2.08. The zero-order valence-electron chi connectivity index (χ0n) is 11.1. The van der Waals surface area contributed by atoms with Crippen molar-refractivity contribution < 1.29 is 9.59 Å². The summed E-state index contributed by atoms with van der Waals surface area (Å²) < 4.78 is 0. The number of hydrogen-bond donors (Lipinski definition) is 2. The molecule has 2 rings (SSSR count). The molecule has 0 unspecified atom stereocenters. The summed E-state index contributed by atoms with van der Waals surface area (Å²) >= 11 is 11.7. The number of halogens is 2. The maximum absolute atomic E-state index is 11.8. The monoisotopic (exact) mass is 322 g/mol. The second-order valence-electron chi connectivity index (χ2n) is 4.40. The van der Waals surface area contributed by atoms with Gasteiger partial charge in [-0.2, -0.15) is 0 Å². The summed E-state index contributed by atoms with van der Waals surface area (Å²) in [5, 5.41) is 5.64. The van der Waals surface area contributed by atoms with Crippen molar-refractivity contribution in [3.63, 3.8) is 0 Å². The number of hydrogen-bond acceptors (Lipinski definition) is 2. The zero-order chi connectivity index (χ0) is 15.4. The molecular formula is C15H12Cl2N2O2. The van der Waals surface area contributed by atoms with Crippen LogP contribution in [0.2, 0.25) is 10.0 Å². The molecular weight excluding hydrogens is 311 g/mol. The SMILES string of the molecule is Cc1ccc(NC(=O)C(=O)Nc2ccc(Cl)cc2Cl)cc1. The summed E-state index contributed by atoms with van der Waals surface area (Å²) in [6, 6.07) is 11.7. The van der Waals surface area contributed by atoms with E-state index in [0.29, 0.717) is 16.4 Å². The molecule has 108 valence electrons. The molecule has 0 aliphatic carbocycles. The van der Waals surface area contributed by atoms with E-state index in [1.54, 1.807) is 18.2 Å². The highest BCUT2D eigenvalue weighted by Crippen LogP contribution is 2.25. The van der Waals surface area contributed by atoms with Crippen LogP contribution in [0.1, 0.15) is 5.56 Å². The highest BCUT2D eigenvalue weighted by atomic mass is 35.5. The second kappa shape index (κ2) is 6.61. The predicted molar refractivity (Wildman–Crippen MR) is 84.9 cm³/mol. The van der Waals surface area contributed by atoms with Crippen molar-refractivity contribution >= 4 is 46.4 Å². The van der Waals surface area contributed by atoms with Crippen LogP contribution >= 0.6 is 23.2 Å². The number of amides is 2. The van der Waals surface area contributed by atoms with Gasteiger partial charge in [0.15, 0.2) is 0 Å². The average Bonchev–Trinajstić information content (AvgIpc) is 2.44. The van der Waals surface area contributed by atoms with Gasteiger partial charge in [-0.25, -0.2) is 0 Å². The Kier molecular flexibility index (Phi) is 4.83. The van der Waals surface area contributed by atoms with Crippen molar-refractivity contribution in [3.05, 3.63) is 58.1 Å². The van der Waals surface area contributed by atoms with Crippen molar-refractivity contribution in [1.29, 1.82) is 0 Å². The van der Waals surface area contributed by atoms with Crippen LogP contribution in [0.25, 0.3) is 0 Å². The number of carbonyl (C=O) groups excluding carboxylic acids is 2. The first-order valence-electron chi connectivity index (χ1n) is 6.10. The molecule has 0 aliphatic rings. The summed E-state index contributed by atoms with van der Waals surface area (Å²) in [5.74, 6) is -1.58. The van der Waals surface area contributed by atoms with E-state index in [9.17, 15) is 9.59 Å². The fourth-order valence-corrected chi connectivity index (χ4v) is 2.05. The Bertz CT molecular complexity index is 685. The van der Waals surface area contributed by atoms with Crippen LogP contribution in [0.15, 0.2) is 42.5 Å². The first kappa shape index (κ1) is 15.4. The fourth-order valence-electron chi connectivity index (χ4n) is 1.59.